The second kappa shape index (κ2) is 10.9. The molecular formula is C25H36N4O4S. The predicted octanol–water partition coefficient (Wildman–Crippen LogP) is 3.93. The highest BCUT2D eigenvalue weighted by molar-refractivity contribution is 7.89. The number of rotatable bonds is 10. The normalized spacial score (nSPS) is 12.7. The SMILES string of the molecule is CC(C)c1cc(C(C)C)c(S(=O)(=O)N(N=C(N)N)[C@@H](Cc2ccccc2)C(=O)O)c(C(C)C)c1. The first-order valence-electron chi connectivity index (χ1n) is 11.4. The number of hydrogen-bond acceptors (Lipinski definition) is 4. The summed E-state index contributed by atoms with van der Waals surface area (Å²) in [6.07, 6.45) is -0.107. The van der Waals surface area contributed by atoms with Gasteiger partial charge >= 0.3 is 5.97 Å². The number of carbonyl (C=O) groups is 1. The van der Waals surface area contributed by atoms with E-state index in [0.717, 1.165) is 5.56 Å². The van der Waals surface area contributed by atoms with Crippen molar-refractivity contribution in [3.63, 3.8) is 0 Å². The summed E-state index contributed by atoms with van der Waals surface area (Å²) in [6, 6.07) is 11.0. The van der Waals surface area contributed by atoms with Gasteiger partial charge in [-0.05, 0) is 40.0 Å². The molecule has 0 unspecified atom stereocenters. The Labute approximate surface area is 202 Å². The zero-order valence-corrected chi connectivity index (χ0v) is 21.5. The molecule has 0 radical (unpaired) electrons. The molecule has 8 nitrogen and oxygen atoms in total. The van der Waals surface area contributed by atoms with E-state index in [-0.39, 0.29) is 29.1 Å². The lowest BCUT2D eigenvalue weighted by atomic mass is 9.89. The number of hydrazone groups is 1. The van der Waals surface area contributed by atoms with Crippen LogP contribution in [0.25, 0.3) is 0 Å². The van der Waals surface area contributed by atoms with Crippen LogP contribution in [-0.2, 0) is 21.2 Å². The third-order valence-corrected chi connectivity index (χ3v) is 7.44. The summed E-state index contributed by atoms with van der Waals surface area (Å²) in [4.78, 5) is 12.4. The second-order valence-electron chi connectivity index (χ2n) is 9.34. The van der Waals surface area contributed by atoms with E-state index in [2.05, 4.69) is 5.10 Å². The molecule has 0 aromatic heterocycles. The fraction of sp³-hybridized carbons (Fsp3) is 0.440. The Morgan fingerprint density at radius 1 is 0.941 bits per heavy atom. The largest absolute Gasteiger partial charge is 0.480 e. The Kier molecular flexibility index (Phi) is 8.72. The first kappa shape index (κ1) is 27.2. The minimum atomic E-state index is -4.45. The van der Waals surface area contributed by atoms with Crippen LogP contribution in [0.15, 0.2) is 52.5 Å². The molecule has 0 heterocycles. The summed E-state index contributed by atoms with van der Waals surface area (Å²) in [5, 5.41) is 13.9. The van der Waals surface area contributed by atoms with Crippen LogP contribution in [0.1, 0.15) is 81.5 Å². The van der Waals surface area contributed by atoms with E-state index in [1.807, 2.05) is 53.7 Å². The number of hydrogen-bond donors (Lipinski definition) is 3. The third kappa shape index (κ3) is 6.08. The number of aliphatic carboxylic acids is 1. The standard InChI is InChI=1S/C25H36N4O4S/c1-15(2)19-13-20(16(3)4)23(21(14-19)17(5)6)34(32,33)29(28-25(26)27)22(24(30)31)12-18-10-8-7-9-11-18/h7-11,13-17,22H,12H2,1-6H3,(H,30,31)(H4,26,27,28)/t22-/m0/s1. The molecule has 0 aliphatic rings. The number of carboxylic acid groups (broad SMARTS) is 1. The Morgan fingerprint density at radius 3 is 1.82 bits per heavy atom. The van der Waals surface area contributed by atoms with E-state index in [0.29, 0.717) is 21.1 Å². The zero-order valence-electron chi connectivity index (χ0n) is 20.7. The van der Waals surface area contributed by atoms with E-state index in [1.54, 1.807) is 30.3 Å². The van der Waals surface area contributed by atoms with Crippen LogP contribution in [0.5, 0.6) is 0 Å². The van der Waals surface area contributed by atoms with Gasteiger partial charge in [-0.15, -0.1) is 5.10 Å². The Bertz CT molecular complexity index is 1110. The smallest absolute Gasteiger partial charge is 0.329 e. The number of guanidine groups is 1. The quantitative estimate of drug-likeness (QED) is 0.263. The average Bonchev–Trinajstić information content (AvgIpc) is 2.75. The Balaban J connectivity index is 2.85. The molecule has 0 saturated heterocycles. The van der Waals surface area contributed by atoms with Gasteiger partial charge in [-0.25, -0.2) is 4.79 Å². The lowest BCUT2D eigenvalue weighted by Crippen LogP contribution is -2.45. The van der Waals surface area contributed by atoms with Gasteiger partial charge in [0.15, 0.2) is 6.04 Å². The second-order valence-corrected chi connectivity index (χ2v) is 11.1. The summed E-state index contributed by atoms with van der Waals surface area (Å²) in [5.74, 6) is -1.99. The summed E-state index contributed by atoms with van der Waals surface area (Å²) in [5.41, 5.74) is 14.0. The maximum atomic E-state index is 14.2. The molecule has 2 aromatic rings. The first-order chi connectivity index (χ1) is 15.8. The molecule has 34 heavy (non-hydrogen) atoms. The molecule has 0 aliphatic carbocycles. The van der Waals surface area contributed by atoms with Crippen LogP contribution in [-0.4, -0.2) is 35.9 Å². The van der Waals surface area contributed by atoms with Crippen LogP contribution in [0.4, 0.5) is 0 Å². The van der Waals surface area contributed by atoms with Crippen molar-refractivity contribution >= 4 is 22.0 Å². The number of nitrogens with two attached hydrogens (primary N) is 2. The predicted molar refractivity (Wildman–Crippen MR) is 135 cm³/mol. The highest BCUT2D eigenvalue weighted by atomic mass is 32.2. The number of nitrogens with zero attached hydrogens (tertiary/aromatic N) is 2. The molecule has 0 saturated carbocycles. The van der Waals surface area contributed by atoms with Crippen LogP contribution >= 0.6 is 0 Å². The van der Waals surface area contributed by atoms with Gasteiger partial charge in [0, 0.05) is 6.42 Å². The molecule has 5 N–H and O–H groups in total. The fourth-order valence-corrected chi connectivity index (χ4v) is 5.86. The minimum absolute atomic E-state index is 0.0613. The topological polar surface area (TPSA) is 139 Å². The van der Waals surface area contributed by atoms with Crippen molar-refractivity contribution in [1.29, 1.82) is 0 Å². The number of benzene rings is 2. The van der Waals surface area contributed by atoms with Crippen molar-refractivity contribution in [3.05, 3.63) is 64.7 Å². The van der Waals surface area contributed by atoms with Crippen molar-refractivity contribution < 1.29 is 18.3 Å². The molecule has 186 valence electrons. The summed E-state index contributed by atoms with van der Waals surface area (Å²) < 4.78 is 28.9. The van der Waals surface area contributed by atoms with Gasteiger partial charge in [-0.1, -0.05) is 84.0 Å². The molecular weight excluding hydrogens is 452 g/mol. The summed E-state index contributed by atoms with van der Waals surface area (Å²) in [7, 11) is -4.45. The van der Waals surface area contributed by atoms with Gasteiger partial charge in [-0.3, -0.25) is 0 Å². The lowest BCUT2D eigenvalue weighted by molar-refractivity contribution is -0.141. The average molecular weight is 489 g/mol. The molecule has 0 bridgehead atoms. The highest BCUT2D eigenvalue weighted by Gasteiger charge is 2.39. The summed E-state index contributed by atoms with van der Waals surface area (Å²) >= 11 is 0. The monoisotopic (exact) mass is 488 g/mol. The molecule has 0 amide bonds. The van der Waals surface area contributed by atoms with Crippen molar-refractivity contribution in [2.24, 2.45) is 16.6 Å². The molecule has 0 fully saturated rings. The minimum Gasteiger partial charge on any atom is -0.480 e. The van der Waals surface area contributed by atoms with Crippen molar-refractivity contribution in [2.75, 3.05) is 0 Å². The van der Waals surface area contributed by atoms with Gasteiger partial charge in [0.2, 0.25) is 5.96 Å². The van der Waals surface area contributed by atoms with E-state index in [1.165, 1.54) is 0 Å². The van der Waals surface area contributed by atoms with E-state index in [4.69, 9.17) is 11.5 Å². The van der Waals surface area contributed by atoms with Gasteiger partial charge in [0.05, 0.1) is 4.90 Å². The zero-order chi connectivity index (χ0) is 25.8. The van der Waals surface area contributed by atoms with Crippen molar-refractivity contribution in [1.82, 2.24) is 4.41 Å². The van der Waals surface area contributed by atoms with E-state index >= 15 is 0 Å². The molecule has 1 atom stereocenters. The Hall–Kier alpha value is -3.07. The number of carboxylic acids is 1. The molecule has 0 aliphatic heterocycles. The fourth-order valence-electron chi connectivity index (χ4n) is 3.78. The summed E-state index contributed by atoms with van der Waals surface area (Å²) in [6.45, 7) is 11.7. The maximum absolute atomic E-state index is 14.2. The maximum Gasteiger partial charge on any atom is 0.329 e. The van der Waals surface area contributed by atoms with Crippen LogP contribution in [0, 0.1) is 0 Å². The highest BCUT2D eigenvalue weighted by Crippen LogP contribution is 2.37. The number of sulfonamides is 1. The molecule has 2 rings (SSSR count). The molecule has 2 aromatic carbocycles. The van der Waals surface area contributed by atoms with Gasteiger partial charge in [0.1, 0.15) is 0 Å². The van der Waals surface area contributed by atoms with Gasteiger partial charge in [-0.2, -0.15) is 12.8 Å². The van der Waals surface area contributed by atoms with E-state index < -0.39 is 28.0 Å². The van der Waals surface area contributed by atoms with Gasteiger partial charge in [0.25, 0.3) is 10.0 Å². The molecule has 0 spiro atoms. The van der Waals surface area contributed by atoms with Crippen LogP contribution in [0.3, 0.4) is 0 Å². The van der Waals surface area contributed by atoms with Gasteiger partial charge < -0.3 is 16.6 Å². The van der Waals surface area contributed by atoms with Crippen LogP contribution < -0.4 is 11.5 Å². The Morgan fingerprint density at radius 2 is 1.44 bits per heavy atom. The third-order valence-electron chi connectivity index (χ3n) is 5.62. The van der Waals surface area contributed by atoms with Crippen molar-refractivity contribution in [3.8, 4) is 0 Å². The van der Waals surface area contributed by atoms with Crippen molar-refractivity contribution in [2.45, 2.75) is 76.7 Å². The first-order valence-corrected chi connectivity index (χ1v) is 12.8. The van der Waals surface area contributed by atoms with Crippen LogP contribution in [0.2, 0.25) is 0 Å². The lowest BCUT2D eigenvalue weighted by Gasteiger charge is -2.30. The molecule has 9 heteroatoms. The van der Waals surface area contributed by atoms with E-state index in [9.17, 15) is 18.3 Å².